The Morgan fingerprint density at radius 3 is 2.15 bits per heavy atom. The molecule has 1 aliphatic carbocycles. The van der Waals surface area contributed by atoms with E-state index < -0.39 is 0 Å². The summed E-state index contributed by atoms with van der Waals surface area (Å²) < 4.78 is 0. The predicted octanol–water partition coefficient (Wildman–Crippen LogP) is 7.50. The van der Waals surface area contributed by atoms with Gasteiger partial charge in [-0.05, 0) is 76.0 Å². The fraction of sp³-hybridized carbons (Fsp3) is 0.600. The van der Waals surface area contributed by atoms with Crippen molar-refractivity contribution in [3.8, 4) is 0 Å². The van der Waals surface area contributed by atoms with E-state index in [9.17, 15) is 0 Å². The molecular weight excluding hydrogens is 314 g/mol. The second-order valence-electron chi connectivity index (χ2n) is 7.42. The van der Waals surface area contributed by atoms with Crippen LogP contribution in [0.5, 0.6) is 0 Å². The summed E-state index contributed by atoms with van der Waals surface area (Å²) in [5.41, 5.74) is 1.20. The van der Waals surface area contributed by atoms with Crippen LogP contribution >= 0.6 is 0 Å². The summed E-state index contributed by atoms with van der Waals surface area (Å²) in [7, 11) is 0. The van der Waals surface area contributed by atoms with Crippen molar-refractivity contribution in [1.29, 1.82) is 0 Å². The van der Waals surface area contributed by atoms with Crippen LogP contribution in [-0.2, 0) is 0 Å². The molecular formula is C25H41N. The molecule has 146 valence electrons. The molecule has 26 heavy (non-hydrogen) atoms. The molecule has 0 spiro atoms. The monoisotopic (exact) mass is 355 g/mol. The fourth-order valence-corrected chi connectivity index (χ4v) is 3.08. The molecule has 1 heteroatoms. The van der Waals surface area contributed by atoms with Crippen LogP contribution in [0.2, 0.25) is 0 Å². The number of hydrogen-bond acceptors (Lipinski definition) is 1. The highest BCUT2D eigenvalue weighted by molar-refractivity contribution is 5.01. The molecule has 1 nitrogen and oxygen atoms in total. The normalized spacial score (nSPS) is 20.1. The molecule has 2 atom stereocenters. The summed E-state index contributed by atoms with van der Waals surface area (Å²) in [6.07, 6.45) is 30.4. The molecule has 0 radical (unpaired) electrons. The maximum absolute atomic E-state index is 4.07. The molecule has 0 bridgehead atoms. The highest BCUT2D eigenvalue weighted by atomic mass is 14.9. The first-order valence-electron chi connectivity index (χ1n) is 10.8. The maximum atomic E-state index is 4.07. The highest BCUT2D eigenvalue weighted by Gasteiger charge is 2.34. The average Bonchev–Trinajstić information content (AvgIpc) is 3.39. The van der Waals surface area contributed by atoms with Gasteiger partial charge in [0.1, 0.15) is 0 Å². The van der Waals surface area contributed by atoms with Crippen molar-refractivity contribution in [1.82, 2.24) is 5.32 Å². The molecule has 2 unspecified atom stereocenters. The minimum absolute atomic E-state index is 0.936. The van der Waals surface area contributed by atoms with Crippen LogP contribution in [0.4, 0.5) is 0 Å². The predicted molar refractivity (Wildman–Crippen MR) is 118 cm³/mol. The Kier molecular flexibility index (Phi) is 13.6. The number of unbranched alkanes of at least 4 members (excludes halogenated alkanes) is 1. The third-order valence-electron chi connectivity index (χ3n) is 4.87. The van der Waals surface area contributed by atoms with Crippen molar-refractivity contribution in [3.63, 3.8) is 0 Å². The SMILES string of the molecule is C=C(CCC/C=C\CC1CC1C/C=C\C/C=C\C/C=C\CC)NCCC. The summed E-state index contributed by atoms with van der Waals surface area (Å²) >= 11 is 0. The van der Waals surface area contributed by atoms with Gasteiger partial charge in [-0.1, -0.05) is 69.0 Å². The van der Waals surface area contributed by atoms with E-state index in [0.29, 0.717) is 0 Å². The first-order valence-corrected chi connectivity index (χ1v) is 10.8. The van der Waals surface area contributed by atoms with E-state index in [-0.39, 0.29) is 0 Å². The second kappa shape index (κ2) is 15.7. The van der Waals surface area contributed by atoms with Gasteiger partial charge in [-0.15, -0.1) is 0 Å². The van der Waals surface area contributed by atoms with Crippen molar-refractivity contribution < 1.29 is 0 Å². The van der Waals surface area contributed by atoms with Gasteiger partial charge in [0.15, 0.2) is 0 Å². The lowest BCUT2D eigenvalue weighted by atomic mass is 10.1. The van der Waals surface area contributed by atoms with Crippen molar-refractivity contribution in [2.75, 3.05) is 6.54 Å². The quantitative estimate of drug-likeness (QED) is 0.223. The standard InChI is InChI=1S/C25H41N/c1-4-6-7-8-9-10-11-12-16-19-24-22-25(24)20-17-14-13-15-18-23(3)26-21-5-2/h6-7,9-10,12,14,16-17,24-26H,3-5,8,11,13,15,18-22H2,1-2H3/b7-6-,10-9-,16-12-,17-14-. The van der Waals surface area contributed by atoms with Crippen LogP contribution < -0.4 is 5.32 Å². The Labute approximate surface area is 163 Å². The van der Waals surface area contributed by atoms with Crippen molar-refractivity contribution in [2.24, 2.45) is 11.8 Å². The van der Waals surface area contributed by atoms with E-state index in [4.69, 9.17) is 0 Å². The smallest absolute Gasteiger partial charge is 0.0141 e. The molecule has 0 aromatic rings. The maximum Gasteiger partial charge on any atom is 0.0141 e. The molecule has 0 amide bonds. The lowest BCUT2D eigenvalue weighted by Gasteiger charge is -2.06. The van der Waals surface area contributed by atoms with Gasteiger partial charge < -0.3 is 5.32 Å². The lowest BCUT2D eigenvalue weighted by Crippen LogP contribution is -2.12. The van der Waals surface area contributed by atoms with E-state index >= 15 is 0 Å². The zero-order valence-corrected chi connectivity index (χ0v) is 17.3. The van der Waals surface area contributed by atoms with E-state index in [0.717, 1.165) is 44.1 Å². The average molecular weight is 356 g/mol. The topological polar surface area (TPSA) is 12.0 Å². The van der Waals surface area contributed by atoms with Crippen LogP contribution in [0.1, 0.15) is 78.1 Å². The van der Waals surface area contributed by atoms with Gasteiger partial charge >= 0.3 is 0 Å². The lowest BCUT2D eigenvalue weighted by molar-refractivity contribution is 0.699. The van der Waals surface area contributed by atoms with Crippen molar-refractivity contribution in [3.05, 3.63) is 60.9 Å². The van der Waals surface area contributed by atoms with E-state index in [1.165, 1.54) is 44.2 Å². The minimum Gasteiger partial charge on any atom is -0.389 e. The van der Waals surface area contributed by atoms with Gasteiger partial charge in [-0.25, -0.2) is 0 Å². The van der Waals surface area contributed by atoms with E-state index in [1.54, 1.807) is 0 Å². The van der Waals surface area contributed by atoms with Crippen LogP contribution in [-0.4, -0.2) is 6.54 Å². The molecule has 0 saturated heterocycles. The van der Waals surface area contributed by atoms with Crippen LogP contribution in [0, 0.1) is 11.8 Å². The molecule has 0 aliphatic heterocycles. The Hall–Kier alpha value is -1.50. The molecule has 1 N–H and O–H groups in total. The van der Waals surface area contributed by atoms with Crippen molar-refractivity contribution >= 4 is 0 Å². The largest absolute Gasteiger partial charge is 0.389 e. The first-order chi connectivity index (χ1) is 12.8. The highest BCUT2D eigenvalue weighted by Crippen LogP contribution is 2.44. The van der Waals surface area contributed by atoms with Crippen LogP contribution in [0.15, 0.2) is 60.9 Å². The number of rotatable bonds is 16. The number of nitrogens with one attached hydrogen (secondary N) is 1. The minimum atomic E-state index is 0.936. The van der Waals surface area contributed by atoms with Gasteiger partial charge in [0.25, 0.3) is 0 Å². The Morgan fingerprint density at radius 2 is 1.50 bits per heavy atom. The molecule has 0 aromatic heterocycles. The Morgan fingerprint density at radius 1 is 0.885 bits per heavy atom. The molecule has 0 aromatic carbocycles. The molecule has 1 fully saturated rings. The molecule has 0 heterocycles. The summed E-state index contributed by atoms with van der Waals surface area (Å²) in [5.74, 6) is 1.87. The van der Waals surface area contributed by atoms with Crippen LogP contribution in [0.25, 0.3) is 0 Å². The summed E-state index contributed by atoms with van der Waals surface area (Å²) in [6.45, 7) is 9.49. The fourth-order valence-electron chi connectivity index (χ4n) is 3.08. The Balaban J connectivity index is 1.95. The molecule has 1 rings (SSSR count). The van der Waals surface area contributed by atoms with Gasteiger partial charge in [0.05, 0.1) is 0 Å². The van der Waals surface area contributed by atoms with Gasteiger partial charge in [0, 0.05) is 12.2 Å². The van der Waals surface area contributed by atoms with Gasteiger partial charge in [-0.2, -0.15) is 0 Å². The zero-order chi connectivity index (χ0) is 18.9. The van der Waals surface area contributed by atoms with Crippen LogP contribution in [0.3, 0.4) is 0 Å². The van der Waals surface area contributed by atoms with Crippen molar-refractivity contribution in [2.45, 2.75) is 78.1 Å². The summed E-state index contributed by atoms with van der Waals surface area (Å²) in [6, 6.07) is 0. The number of allylic oxidation sites excluding steroid dienone is 9. The third-order valence-corrected chi connectivity index (χ3v) is 4.87. The van der Waals surface area contributed by atoms with Gasteiger partial charge in [-0.3, -0.25) is 0 Å². The molecule has 1 aliphatic rings. The number of hydrogen-bond donors (Lipinski definition) is 1. The van der Waals surface area contributed by atoms with E-state index in [1.807, 2.05) is 0 Å². The Bertz CT molecular complexity index is 467. The second-order valence-corrected chi connectivity index (χ2v) is 7.42. The molecule has 1 saturated carbocycles. The zero-order valence-electron chi connectivity index (χ0n) is 17.3. The van der Waals surface area contributed by atoms with Gasteiger partial charge in [0.2, 0.25) is 0 Å². The third kappa shape index (κ3) is 12.8. The summed E-state index contributed by atoms with van der Waals surface area (Å²) in [4.78, 5) is 0. The summed E-state index contributed by atoms with van der Waals surface area (Å²) in [5, 5.41) is 3.37. The first kappa shape index (κ1) is 22.5. The van der Waals surface area contributed by atoms with E-state index in [2.05, 4.69) is 74.4 Å².